The summed E-state index contributed by atoms with van der Waals surface area (Å²) in [5.74, 6) is 0.725. The number of hydrogen-bond donors (Lipinski definition) is 0. The molecule has 0 bridgehead atoms. The number of benzene rings is 2. The van der Waals surface area contributed by atoms with Crippen LogP contribution in [0, 0.1) is 0 Å². The first-order chi connectivity index (χ1) is 13.1. The second kappa shape index (κ2) is 7.58. The smallest absolute Gasteiger partial charge is 0.191 e. The van der Waals surface area contributed by atoms with Gasteiger partial charge in [0.1, 0.15) is 12.0 Å². The SMILES string of the molecule is C[C@H](Sc1nncn1C)c1cccc(-c2cc(-c3cccc(Cl)c3)no2)c1. The van der Waals surface area contributed by atoms with Crippen LogP contribution in [0.3, 0.4) is 0 Å². The molecule has 27 heavy (non-hydrogen) atoms. The summed E-state index contributed by atoms with van der Waals surface area (Å²) in [6.07, 6.45) is 1.71. The Balaban J connectivity index is 1.58. The lowest BCUT2D eigenvalue weighted by molar-refractivity contribution is 0.435. The second-order valence-corrected chi connectivity index (χ2v) is 7.94. The van der Waals surface area contributed by atoms with Crippen molar-refractivity contribution in [3.05, 3.63) is 71.5 Å². The van der Waals surface area contributed by atoms with E-state index < -0.39 is 0 Å². The molecule has 5 nitrogen and oxygen atoms in total. The summed E-state index contributed by atoms with van der Waals surface area (Å²) in [5.41, 5.74) is 3.86. The fraction of sp³-hybridized carbons (Fsp3) is 0.150. The van der Waals surface area contributed by atoms with Crippen molar-refractivity contribution in [2.45, 2.75) is 17.3 Å². The van der Waals surface area contributed by atoms with Crippen LogP contribution in [-0.4, -0.2) is 19.9 Å². The monoisotopic (exact) mass is 396 g/mol. The molecular formula is C20H17ClN4OS. The molecule has 0 amide bonds. The Morgan fingerprint density at radius 2 is 1.89 bits per heavy atom. The van der Waals surface area contributed by atoms with Crippen LogP contribution in [0.2, 0.25) is 5.02 Å². The van der Waals surface area contributed by atoms with Crippen LogP contribution in [-0.2, 0) is 7.05 Å². The zero-order valence-corrected chi connectivity index (χ0v) is 16.4. The van der Waals surface area contributed by atoms with E-state index in [4.69, 9.17) is 16.1 Å². The Labute approximate surface area is 166 Å². The van der Waals surface area contributed by atoms with Crippen LogP contribution in [0.5, 0.6) is 0 Å². The Morgan fingerprint density at radius 3 is 2.67 bits per heavy atom. The molecule has 0 N–H and O–H groups in total. The normalized spacial score (nSPS) is 12.3. The summed E-state index contributed by atoms with van der Waals surface area (Å²) >= 11 is 7.74. The molecule has 0 fully saturated rings. The summed E-state index contributed by atoms with van der Waals surface area (Å²) < 4.78 is 7.49. The maximum absolute atomic E-state index is 6.07. The van der Waals surface area contributed by atoms with Gasteiger partial charge in [-0.2, -0.15) is 0 Å². The molecule has 2 aromatic heterocycles. The second-order valence-electron chi connectivity index (χ2n) is 6.20. The fourth-order valence-corrected chi connectivity index (χ4v) is 3.84. The van der Waals surface area contributed by atoms with Gasteiger partial charge in [0.25, 0.3) is 0 Å². The Morgan fingerprint density at radius 1 is 1.07 bits per heavy atom. The van der Waals surface area contributed by atoms with Crippen LogP contribution in [0.1, 0.15) is 17.7 Å². The molecule has 0 saturated carbocycles. The molecule has 4 aromatic rings. The number of hydrogen-bond acceptors (Lipinski definition) is 5. The Bertz CT molecular complexity index is 1080. The standard InChI is InChI=1S/C20H17ClN4OS/c1-13(27-20-23-22-12-25(20)2)14-5-3-7-16(9-14)19-11-18(24-26-19)15-6-4-8-17(21)10-15/h3-13H,1-2H3/t13-/m0/s1. The first-order valence-corrected chi connectivity index (χ1v) is 9.69. The fourth-order valence-electron chi connectivity index (χ4n) is 2.75. The lowest BCUT2D eigenvalue weighted by Crippen LogP contribution is -1.94. The van der Waals surface area contributed by atoms with E-state index in [9.17, 15) is 0 Å². The largest absolute Gasteiger partial charge is 0.356 e. The van der Waals surface area contributed by atoms with E-state index in [1.165, 1.54) is 5.56 Å². The van der Waals surface area contributed by atoms with Crippen LogP contribution in [0.15, 0.2) is 70.6 Å². The van der Waals surface area contributed by atoms with Crippen molar-refractivity contribution in [2.24, 2.45) is 7.05 Å². The van der Waals surface area contributed by atoms with Gasteiger partial charge in [-0.05, 0) is 30.7 Å². The van der Waals surface area contributed by atoms with Crippen molar-refractivity contribution >= 4 is 23.4 Å². The van der Waals surface area contributed by atoms with Gasteiger partial charge in [0.2, 0.25) is 0 Å². The molecule has 0 aliphatic carbocycles. The van der Waals surface area contributed by atoms with E-state index in [1.807, 2.05) is 54.1 Å². The molecule has 0 saturated heterocycles. The summed E-state index contributed by atoms with van der Waals surface area (Å²) in [7, 11) is 1.94. The third-order valence-electron chi connectivity index (χ3n) is 4.22. The van der Waals surface area contributed by atoms with Crippen LogP contribution in [0.4, 0.5) is 0 Å². The summed E-state index contributed by atoms with van der Waals surface area (Å²) in [6.45, 7) is 2.15. The predicted molar refractivity (Wildman–Crippen MR) is 108 cm³/mol. The number of thioether (sulfide) groups is 1. The predicted octanol–water partition coefficient (Wildman–Crippen LogP) is 5.64. The maximum Gasteiger partial charge on any atom is 0.191 e. The van der Waals surface area contributed by atoms with E-state index in [0.29, 0.717) is 5.02 Å². The highest BCUT2D eigenvalue weighted by Crippen LogP contribution is 2.35. The van der Waals surface area contributed by atoms with Crippen LogP contribution >= 0.6 is 23.4 Å². The molecule has 0 aliphatic heterocycles. The lowest BCUT2D eigenvalue weighted by atomic mass is 10.1. The van der Waals surface area contributed by atoms with Gasteiger partial charge in [0.05, 0.1) is 0 Å². The van der Waals surface area contributed by atoms with Crippen molar-refractivity contribution in [2.75, 3.05) is 0 Å². The summed E-state index contributed by atoms with van der Waals surface area (Å²) in [6, 6.07) is 17.8. The minimum Gasteiger partial charge on any atom is -0.356 e. The maximum atomic E-state index is 6.07. The molecule has 0 aliphatic rings. The third kappa shape index (κ3) is 3.91. The average molecular weight is 397 g/mol. The van der Waals surface area contributed by atoms with Gasteiger partial charge >= 0.3 is 0 Å². The minimum atomic E-state index is 0.225. The van der Waals surface area contributed by atoms with Gasteiger partial charge in [-0.3, -0.25) is 0 Å². The first-order valence-electron chi connectivity index (χ1n) is 8.44. The molecule has 136 valence electrons. The van der Waals surface area contributed by atoms with Gasteiger partial charge in [-0.15, -0.1) is 10.2 Å². The van der Waals surface area contributed by atoms with Gasteiger partial charge in [0.15, 0.2) is 10.9 Å². The zero-order valence-electron chi connectivity index (χ0n) is 14.8. The van der Waals surface area contributed by atoms with E-state index >= 15 is 0 Å². The highest BCUT2D eigenvalue weighted by atomic mass is 35.5. The number of aromatic nitrogens is 4. The Hall–Kier alpha value is -2.57. The number of halogens is 1. The summed E-state index contributed by atoms with van der Waals surface area (Å²) in [5, 5.41) is 14.0. The van der Waals surface area contributed by atoms with E-state index in [-0.39, 0.29) is 5.25 Å². The van der Waals surface area contributed by atoms with Gasteiger partial charge in [-0.25, -0.2) is 0 Å². The van der Waals surface area contributed by atoms with E-state index in [1.54, 1.807) is 18.1 Å². The quantitative estimate of drug-likeness (QED) is 0.408. The van der Waals surface area contributed by atoms with E-state index in [0.717, 1.165) is 27.7 Å². The van der Waals surface area contributed by atoms with Crippen LogP contribution in [0.25, 0.3) is 22.6 Å². The topological polar surface area (TPSA) is 56.7 Å². The highest BCUT2D eigenvalue weighted by molar-refractivity contribution is 7.99. The third-order valence-corrected chi connectivity index (χ3v) is 5.66. The number of nitrogens with zero attached hydrogens (tertiary/aromatic N) is 4. The molecule has 2 aromatic carbocycles. The molecule has 1 atom stereocenters. The van der Waals surface area contributed by atoms with E-state index in [2.05, 4.69) is 34.4 Å². The molecule has 4 rings (SSSR count). The Kier molecular flexibility index (Phi) is 5.01. The summed E-state index contributed by atoms with van der Waals surface area (Å²) in [4.78, 5) is 0. The van der Waals surface area contributed by atoms with Crippen molar-refractivity contribution in [1.29, 1.82) is 0 Å². The number of rotatable bonds is 5. The van der Waals surface area contributed by atoms with Gasteiger partial charge in [-0.1, -0.05) is 58.9 Å². The van der Waals surface area contributed by atoms with Crippen molar-refractivity contribution in [3.8, 4) is 22.6 Å². The molecule has 0 unspecified atom stereocenters. The lowest BCUT2D eigenvalue weighted by Gasteiger charge is -2.11. The molecule has 2 heterocycles. The number of aryl methyl sites for hydroxylation is 1. The molecule has 0 spiro atoms. The van der Waals surface area contributed by atoms with Crippen LogP contribution < -0.4 is 0 Å². The highest BCUT2D eigenvalue weighted by Gasteiger charge is 2.14. The average Bonchev–Trinajstić information content (AvgIpc) is 3.32. The van der Waals surface area contributed by atoms with Gasteiger partial charge in [0, 0.05) is 34.5 Å². The molecule has 7 heteroatoms. The molecular weight excluding hydrogens is 380 g/mol. The van der Waals surface area contributed by atoms with Crippen molar-refractivity contribution in [3.63, 3.8) is 0 Å². The van der Waals surface area contributed by atoms with Gasteiger partial charge < -0.3 is 9.09 Å². The first kappa shape index (κ1) is 17.8. The minimum absolute atomic E-state index is 0.225. The zero-order chi connectivity index (χ0) is 18.8. The molecule has 0 radical (unpaired) electrons. The van der Waals surface area contributed by atoms with Crippen molar-refractivity contribution < 1.29 is 4.52 Å². The van der Waals surface area contributed by atoms with Crippen molar-refractivity contribution in [1.82, 2.24) is 19.9 Å².